The molecule has 0 radical (unpaired) electrons. The maximum atomic E-state index is 10.8. The lowest BCUT2D eigenvalue weighted by Gasteiger charge is -2.61. The Morgan fingerprint density at radius 1 is 1.14 bits per heavy atom. The minimum absolute atomic E-state index is 0.176. The molecule has 4 nitrogen and oxygen atoms in total. The zero-order chi connectivity index (χ0) is 19.8. The summed E-state index contributed by atoms with van der Waals surface area (Å²) in [4.78, 5) is 5.28. The van der Waals surface area contributed by atoms with Crippen LogP contribution in [0.3, 0.4) is 0 Å². The van der Waals surface area contributed by atoms with Crippen LogP contribution < -0.4 is 5.73 Å². The molecule has 1 unspecified atom stereocenters. The molecule has 0 aromatic carbocycles. The van der Waals surface area contributed by atoms with Crippen LogP contribution in [-0.4, -0.2) is 30.6 Å². The highest BCUT2D eigenvalue weighted by Gasteiger charge is 2.58. The Hall–Kier alpha value is -0.610. The Balaban J connectivity index is 1.43. The molecule has 0 saturated heterocycles. The summed E-state index contributed by atoms with van der Waals surface area (Å²) < 4.78 is 0. The van der Waals surface area contributed by atoms with E-state index in [1.165, 1.54) is 44.9 Å². The fraction of sp³-hybridized carbons (Fsp3) is 0.958. The first-order valence-electron chi connectivity index (χ1n) is 12.0. The van der Waals surface area contributed by atoms with E-state index in [2.05, 4.69) is 19.0 Å². The van der Waals surface area contributed by atoms with E-state index in [4.69, 9.17) is 10.6 Å². The molecule has 28 heavy (non-hydrogen) atoms. The van der Waals surface area contributed by atoms with Crippen LogP contribution in [0.25, 0.3) is 0 Å². The van der Waals surface area contributed by atoms with Gasteiger partial charge in [0.05, 0.1) is 6.10 Å². The summed E-state index contributed by atoms with van der Waals surface area (Å²) in [6.45, 7) is 6.40. The predicted octanol–water partition coefficient (Wildman–Crippen LogP) is 4.75. The molecule has 4 aliphatic carbocycles. The van der Waals surface area contributed by atoms with Gasteiger partial charge in [0.1, 0.15) is 6.61 Å². The summed E-state index contributed by atoms with van der Waals surface area (Å²) in [5.41, 5.74) is 6.52. The number of hydrogen-bond donors (Lipinski definition) is 2. The van der Waals surface area contributed by atoms with Crippen LogP contribution in [0.1, 0.15) is 84.5 Å². The third kappa shape index (κ3) is 3.64. The molecule has 0 heterocycles. The molecule has 160 valence electrons. The van der Waals surface area contributed by atoms with Crippen LogP contribution >= 0.6 is 0 Å². The fourth-order valence-electron chi connectivity index (χ4n) is 8.09. The summed E-state index contributed by atoms with van der Waals surface area (Å²) in [6.07, 6.45) is 15.5. The standard InChI is InChI=1S/C24H42N2O2/c1-23-10-3-5-20(23)19-7-6-18-15-22(27)17(9-13-26-28-14-4-12-25)16-24(18,2)21(19)8-11-23/h13,17-22,27H,3-12,14-16,25H2,1-2H3/t17?,18-,19+,20+,21+,22-,23+,24+/m1/s1. The van der Waals surface area contributed by atoms with Crippen molar-refractivity contribution in [3.05, 3.63) is 0 Å². The first-order valence-corrected chi connectivity index (χ1v) is 12.0. The Morgan fingerprint density at radius 2 is 2.00 bits per heavy atom. The quantitative estimate of drug-likeness (QED) is 0.391. The van der Waals surface area contributed by atoms with E-state index in [0.29, 0.717) is 35.8 Å². The zero-order valence-corrected chi connectivity index (χ0v) is 18.1. The second-order valence-corrected chi connectivity index (χ2v) is 11.0. The normalized spacial score (nSPS) is 48.1. The van der Waals surface area contributed by atoms with Gasteiger partial charge in [-0.1, -0.05) is 25.4 Å². The highest BCUT2D eigenvalue weighted by Crippen LogP contribution is 2.66. The van der Waals surface area contributed by atoms with Gasteiger partial charge in [-0.15, -0.1) is 0 Å². The molecule has 4 saturated carbocycles. The summed E-state index contributed by atoms with van der Waals surface area (Å²) in [6, 6.07) is 0. The average molecular weight is 391 g/mol. The lowest BCUT2D eigenvalue weighted by atomic mass is 9.44. The molecule has 4 aliphatic rings. The van der Waals surface area contributed by atoms with Gasteiger partial charge in [0.25, 0.3) is 0 Å². The number of aliphatic hydroxyl groups is 1. The van der Waals surface area contributed by atoms with E-state index in [-0.39, 0.29) is 6.10 Å². The molecule has 4 fully saturated rings. The number of hydrogen-bond acceptors (Lipinski definition) is 4. The van der Waals surface area contributed by atoms with Gasteiger partial charge in [0.2, 0.25) is 0 Å². The highest BCUT2D eigenvalue weighted by molar-refractivity contribution is 5.56. The van der Waals surface area contributed by atoms with Crippen LogP contribution in [0.2, 0.25) is 0 Å². The number of nitrogens with two attached hydrogens (primary N) is 1. The maximum Gasteiger partial charge on any atom is 0.118 e. The highest BCUT2D eigenvalue weighted by atomic mass is 16.6. The molecule has 3 N–H and O–H groups in total. The molecule has 0 amide bonds. The van der Waals surface area contributed by atoms with Gasteiger partial charge in [-0.25, -0.2) is 0 Å². The van der Waals surface area contributed by atoms with E-state index in [0.717, 1.165) is 43.4 Å². The summed E-state index contributed by atoms with van der Waals surface area (Å²) >= 11 is 0. The third-order valence-electron chi connectivity index (χ3n) is 9.62. The van der Waals surface area contributed by atoms with Crippen LogP contribution in [0.4, 0.5) is 0 Å². The third-order valence-corrected chi connectivity index (χ3v) is 9.62. The number of rotatable bonds is 6. The number of fused-ring (bicyclic) bond motifs is 5. The second-order valence-electron chi connectivity index (χ2n) is 11.0. The maximum absolute atomic E-state index is 10.8. The molecule has 0 aliphatic heterocycles. The van der Waals surface area contributed by atoms with E-state index >= 15 is 0 Å². The van der Waals surface area contributed by atoms with Gasteiger partial charge in [0.15, 0.2) is 0 Å². The van der Waals surface area contributed by atoms with Crippen molar-refractivity contribution in [3.63, 3.8) is 0 Å². The van der Waals surface area contributed by atoms with Crippen molar-refractivity contribution in [2.45, 2.75) is 90.6 Å². The van der Waals surface area contributed by atoms with E-state index < -0.39 is 0 Å². The van der Waals surface area contributed by atoms with Crippen LogP contribution in [0.15, 0.2) is 5.16 Å². The van der Waals surface area contributed by atoms with Crippen molar-refractivity contribution in [2.24, 2.45) is 51.3 Å². The van der Waals surface area contributed by atoms with Crippen molar-refractivity contribution >= 4 is 6.21 Å². The van der Waals surface area contributed by atoms with E-state index in [1.807, 2.05) is 6.21 Å². The molecule has 0 bridgehead atoms. The van der Waals surface area contributed by atoms with Gasteiger partial charge in [-0.05, 0) is 111 Å². The number of nitrogens with zero attached hydrogens (tertiary/aromatic N) is 1. The molecule has 4 rings (SSSR count). The van der Waals surface area contributed by atoms with Crippen molar-refractivity contribution in [3.8, 4) is 0 Å². The Labute approximate surface area is 171 Å². The Bertz CT molecular complexity index is 567. The summed E-state index contributed by atoms with van der Waals surface area (Å²) in [7, 11) is 0. The number of oxime groups is 1. The molecule has 0 spiro atoms. The SMILES string of the molecule is C[C@@]12CCC[C@H]1[C@@H]1CC[C@@H]3C[C@@H](O)C(CC=NOCCCN)C[C@]3(C)[C@H]1CC2. The lowest BCUT2D eigenvalue weighted by Crippen LogP contribution is -2.55. The molecular weight excluding hydrogens is 348 g/mol. The van der Waals surface area contributed by atoms with Gasteiger partial charge in [0, 0.05) is 6.21 Å². The predicted molar refractivity (Wildman–Crippen MR) is 114 cm³/mol. The van der Waals surface area contributed by atoms with Gasteiger partial charge < -0.3 is 15.7 Å². The second kappa shape index (κ2) is 8.26. The average Bonchev–Trinajstić information content (AvgIpc) is 3.07. The van der Waals surface area contributed by atoms with Gasteiger partial charge in [-0.2, -0.15) is 0 Å². The van der Waals surface area contributed by atoms with E-state index in [1.54, 1.807) is 0 Å². The monoisotopic (exact) mass is 390 g/mol. The fourth-order valence-corrected chi connectivity index (χ4v) is 8.09. The number of aliphatic hydroxyl groups excluding tert-OH is 1. The molecule has 0 aromatic rings. The van der Waals surface area contributed by atoms with Crippen molar-refractivity contribution in [1.82, 2.24) is 0 Å². The molecule has 8 atom stereocenters. The molecule has 0 aromatic heterocycles. The minimum Gasteiger partial charge on any atom is -0.396 e. The van der Waals surface area contributed by atoms with Gasteiger partial charge in [-0.3, -0.25) is 0 Å². The Morgan fingerprint density at radius 3 is 2.82 bits per heavy atom. The molecule has 4 heteroatoms. The van der Waals surface area contributed by atoms with Crippen molar-refractivity contribution < 1.29 is 9.94 Å². The van der Waals surface area contributed by atoms with Gasteiger partial charge >= 0.3 is 0 Å². The van der Waals surface area contributed by atoms with Crippen LogP contribution in [0.5, 0.6) is 0 Å². The topological polar surface area (TPSA) is 67.8 Å². The van der Waals surface area contributed by atoms with Crippen molar-refractivity contribution in [2.75, 3.05) is 13.2 Å². The molecular formula is C24H42N2O2. The Kier molecular flexibility index (Phi) is 6.09. The first kappa shape index (κ1) is 20.7. The minimum atomic E-state index is -0.176. The zero-order valence-electron chi connectivity index (χ0n) is 18.1. The smallest absolute Gasteiger partial charge is 0.118 e. The lowest BCUT2D eigenvalue weighted by molar-refractivity contribution is -0.137. The van der Waals surface area contributed by atoms with Crippen LogP contribution in [-0.2, 0) is 4.84 Å². The van der Waals surface area contributed by atoms with Crippen LogP contribution in [0, 0.1) is 40.4 Å². The van der Waals surface area contributed by atoms with E-state index in [9.17, 15) is 5.11 Å². The summed E-state index contributed by atoms with van der Waals surface area (Å²) in [5.74, 6) is 3.82. The first-order chi connectivity index (χ1) is 13.5. The largest absolute Gasteiger partial charge is 0.396 e. The summed E-state index contributed by atoms with van der Waals surface area (Å²) in [5, 5.41) is 14.9. The van der Waals surface area contributed by atoms with Crippen molar-refractivity contribution in [1.29, 1.82) is 0 Å².